The Hall–Kier alpha value is -1.07. The molecule has 0 aliphatic carbocycles. The van der Waals surface area contributed by atoms with Gasteiger partial charge in [-0.05, 0) is 30.7 Å². The number of thiophene rings is 1. The lowest BCUT2D eigenvalue weighted by molar-refractivity contribution is 0.219. The van der Waals surface area contributed by atoms with Crippen molar-refractivity contribution in [1.29, 1.82) is 0 Å². The molecule has 4 nitrogen and oxygen atoms in total. The third-order valence-electron chi connectivity index (χ3n) is 2.39. The first-order valence-electron chi connectivity index (χ1n) is 5.79. The number of amides is 2. The summed E-state index contributed by atoms with van der Waals surface area (Å²) in [5, 5.41) is 16.3. The van der Waals surface area contributed by atoms with Crippen molar-refractivity contribution >= 4 is 17.4 Å². The molecule has 0 aliphatic rings. The first kappa shape index (κ1) is 14.0. The molecule has 0 spiro atoms. The molecule has 0 bridgehead atoms. The topological polar surface area (TPSA) is 61.4 Å². The Morgan fingerprint density at radius 2 is 2.29 bits per heavy atom. The van der Waals surface area contributed by atoms with Crippen LogP contribution in [0.15, 0.2) is 17.5 Å². The Bertz CT molecular complexity index is 327. The molecule has 2 atom stereocenters. The van der Waals surface area contributed by atoms with Crippen molar-refractivity contribution in [3.05, 3.63) is 22.4 Å². The first-order valence-corrected chi connectivity index (χ1v) is 6.67. The molecule has 1 aromatic rings. The molecule has 3 N–H and O–H groups in total. The molecule has 17 heavy (non-hydrogen) atoms. The van der Waals surface area contributed by atoms with E-state index in [1.54, 1.807) is 18.3 Å². The van der Waals surface area contributed by atoms with E-state index in [0.29, 0.717) is 12.5 Å². The monoisotopic (exact) mass is 256 g/mol. The molecule has 0 unspecified atom stereocenters. The standard InChI is InChI=1S/C12H20N2O2S/c1-9(6-11-4-3-5-17-11)7-13-12(16)14-10(2)8-15/h3-5,9-10,15H,6-8H2,1-2H3,(H2,13,14,16)/t9-,10-/m1/s1. The maximum atomic E-state index is 11.4. The van der Waals surface area contributed by atoms with Crippen LogP contribution in [0.25, 0.3) is 0 Å². The molecule has 1 rings (SSSR count). The van der Waals surface area contributed by atoms with Crippen LogP contribution in [0.4, 0.5) is 4.79 Å². The average Bonchev–Trinajstić information content (AvgIpc) is 2.79. The van der Waals surface area contributed by atoms with Crippen molar-refractivity contribution in [3.63, 3.8) is 0 Å². The fraction of sp³-hybridized carbons (Fsp3) is 0.583. The fourth-order valence-electron chi connectivity index (χ4n) is 1.43. The summed E-state index contributed by atoms with van der Waals surface area (Å²) in [6, 6.07) is 3.72. The molecule has 0 fully saturated rings. The number of urea groups is 1. The van der Waals surface area contributed by atoms with Crippen LogP contribution in [0.1, 0.15) is 18.7 Å². The fourth-order valence-corrected chi connectivity index (χ4v) is 2.30. The third kappa shape index (κ3) is 5.70. The molecule has 0 radical (unpaired) electrons. The Labute approximate surface area is 106 Å². The lowest BCUT2D eigenvalue weighted by Crippen LogP contribution is -2.43. The third-order valence-corrected chi connectivity index (χ3v) is 3.29. The summed E-state index contributed by atoms with van der Waals surface area (Å²) in [5.41, 5.74) is 0. The normalized spacial score (nSPS) is 14.1. The van der Waals surface area contributed by atoms with E-state index in [9.17, 15) is 4.79 Å². The Morgan fingerprint density at radius 3 is 2.88 bits per heavy atom. The zero-order chi connectivity index (χ0) is 12.7. The van der Waals surface area contributed by atoms with Crippen LogP contribution in [-0.4, -0.2) is 30.3 Å². The summed E-state index contributed by atoms with van der Waals surface area (Å²) in [7, 11) is 0. The van der Waals surface area contributed by atoms with Gasteiger partial charge in [-0.2, -0.15) is 0 Å². The van der Waals surface area contributed by atoms with Crippen molar-refractivity contribution in [2.24, 2.45) is 5.92 Å². The summed E-state index contributed by atoms with van der Waals surface area (Å²) in [6.45, 7) is 4.46. The van der Waals surface area contributed by atoms with Gasteiger partial charge in [-0.15, -0.1) is 11.3 Å². The number of hydrogen-bond donors (Lipinski definition) is 3. The molecule has 0 aliphatic heterocycles. The van der Waals surface area contributed by atoms with Crippen LogP contribution in [0.5, 0.6) is 0 Å². The molecule has 1 heterocycles. The molecule has 0 aromatic carbocycles. The second-order valence-electron chi connectivity index (χ2n) is 4.33. The lowest BCUT2D eigenvalue weighted by atomic mass is 10.1. The van der Waals surface area contributed by atoms with Crippen LogP contribution in [0, 0.1) is 5.92 Å². The molecule has 96 valence electrons. The number of hydrogen-bond acceptors (Lipinski definition) is 3. The summed E-state index contributed by atoms with van der Waals surface area (Å²) in [5.74, 6) is 0.406. The van der Waals surface area contributed by atoms with Crippen LogP contribution >= 0.6 is 11.3 Å². The summed E-state index contributed by atoms with van der Waals surface area (Å²) in [6.07, 6.45) is 0.980. The number of carbonyl (C=O) groups excluding carboxylic acids is 1. The van der Waals surface area contributed by atoms with Crippen LogP contribution in [0.2, 0.25) is 0 Å². The van der Waals surface area contributed by atoms with Gasteiger partial charge in [0, 0.05) is 11.4 Å². The van der Waals surface area contributed by atoms with Gasteiger partial charge in [0.15, 0.2) is 0 Å². The predicted octanol–water partition coefficient (Wildman–Crippen LogP) is 1.61. The van der Waals surface area contributed by atoms with Gasteiger partial charge in [-0.1, -0.05) is 13.0 Å². The van der Waals surface area contributed by atoms with Gasteiger partial charge in [0.25, 0.3) is 0 Å². The van der Waals surface area contributed by atoms with E-state index in [1.165, 1.54) is 4.88 Å². The predicted molar refractivity (Wildman–Crippen MR) is 70.3 cm³/mol. The van der Waals surface area contributed by atoms with E-state index in [-0.39, 0.29) is 18.7 Å². The number of aliphatic hydroxyl groups excluding tert-OH is 1. The van der Waals surface area contributed by atoms with E-state index in [2.05, 4.69) is 29.0 Å². The van der Waals surface area contributed by atoms with E-state index < -0.39 is 0 Å². The Morgan fingerprint density at radius 1 is 1.53 bits per heavy atom. The minimum atomic E-state index is -0.218. The van der Waals surface area contributed by atoms with E-state index in [1.807, 2.05) is 6.07 Å². The first-order chi connectivity index (χ1) is 8.11. The number of aliphatic hydroxyl groups is 1. The highest BCUT2D eigenvalue weighted by Crippen LogP contribution is 2.13. The van der Waals surface area contributed by atoms with Crippen molar-refractivity contribution < 1.29 is 9.90 Å². The van der Waals surface area contributed by atoms with Gasteiger partial charge in [0.1, 0.15) is 0 Å². The second kappa shape index (κ2) is 7.29. The Balaban J connectivity index is 2.19. The highest BCUT2D eigenvalue weighted by atomic mass is 32.1. The SMILES string of the molecule is C[C@@H](CNC(=O)N[C@H](C)CO)Cc1cccs1. The quantitative estimate of drug-likeness (QED) is 0.724. The van der Waals surface area contributed by atoms with Gasteiger partial charge in [-0.3, -0.25) is 0 Å². The number of rotatable bonds is 6. The maximum Gasteiger partial charge on any atom is 0.315 e. The molecule has 0 saturated carbocycles. The van der Waals surface area contributed by atoms with Crippen LogP contribution < -0.4 is 10.6 Å². The minimum absolute atomic E-state index is 0.0435. The van der Waals surface area contributed by atoms with Crippen molar-refractivity contribution in [2.75, 3.05) is 13.2 Å². The van der Waals surface area contributed by atoms with Crippen molar-refractivity contribution in [1.82, 2.24) is 10.6 Å². The molecular weight excluding hydrogens is 236 g/mol. The molecule has 5 heteroatoms. The lowest BCUT2D eigenvalue weighted by Gasteiger charge is -2.15. The minimum Gasteiger partial charge on any atom is -0.394 e. The smallest absolute Gasteiger partial charge is 0.315 e. The van der Waals surface area contributed by atoms with Crippen molar-refractivity contribution in [2.45, 2.75) is 26.3 Å². The molecule has 0 saturated heterocycles. The van der Waals surface area contributed by atoms with E-state index >= 15 is 0 Å². The second-order valence-corrected chi connectivity index (χ2v) is 5.36. The van der Waals surface area contributed by atoms with Crippen LogP contribution in [0.3, 0.4) is 0 Å². The van der Waals surface area contributed by atoms with Gasteiger partial charge in [0.2, 0.25) is 0 Å². The molecular formula is C12H20N2O2S. The highest BCUT2D eigenvalue weighted by Gasteiger charge is 2.08. The van der Waals surface area contributed by atoms with Gasteiger partial charge < -0.3 is 15.7 Å². The molecule has 1 aromatic heterocycles. The summed E-state index contributed by atoms with van der Waals surface area (Å²) in [4.78, 5) is 12.7. The Kier molecular flexibility index (Phi) is 6.00. The van der Waals surface area contributed by atoms with Gasteiger partial charge in [-0.25, -0.2) is 4.79 Å². The van der Waals surface area contributed by atoms with E-state index in [0.717, 1.165) is 6.42 Å². The average molecular weight is 256 g/mol. The largest absolute Gasteiger partial charge is 0.394 e. The van der Waals surface area contributed by atoms with Crippen molar-refractivity contribution in [3.8, 4) is 0 Å². The zero-order valence-corrected chi connectivity index (χ0v) is 11.1. The van der Waals surface area contributed by atoms with Gasteiger partial charge in [0.05, 0.1) is 12.6 Å². The highest BCUT2D eigenvalue weighted by molar-refractivity contribution is 7.09. The maximum absolute atomic E-state index is 11.4. The molecule has 2 amide bonds. The zero-order valence-electron chi connectivity index (χ0n) is 10.3. The number of carbonyl (C=O) groups is 1. The summed E-state index contributed by atoms with van der Waals surface area (Å²) >= 11 is 1.74. The van der Waals surface area contributed by atoms with Gasteiger partial charge >= 0.3 is 6.03 Å². The van der Waals surface area contributed by atoms with Crippen LogP contribution in [-0.2, 0) is 6.42 Å². The summed E-state index contributed by atoms with van der Waals surface area (Å²) < 4.78 is 0. The number of nitrogens with one attached hydrogen (secondary N) is 2. The van der Waals surface area contributed by atoms with E-state index in [4.69, 9.17) is 5.11 Å².